The molecule has 2 aromatic rings. The van der Waals surface area contributed by atoms with Crippen molar-refractivity contribution < 1.29 is 18.7 Å². The van der Waals surface area contributed by atoms with Gasteiger partial charge < -0.3 is 10.1 Å². The van der Waals surface area contributed by atoms with Crippen molar-refractivity contribution in [2.45, 2.75) is 19.3 Å². The molecule has 4 nitrogen and oxygen atoms in total. The molecule has 0 unspecified atom stereocenters. The lowest BCUT2D eigenvalue weighted by Gasteiger charge is -2.06. The molecule has 24 heavy (non-hydrogen) atoms. The Morgan fingerprint density at radius 2 is 1.83 bits per heavy atom. The van der Waals surface area contributed by atoms with Crippen LogP contribution in [0.15, 0.2) is 48.5 Å². The molecule has 2 rings (SSSR count). The molecule has 0 saturated carbocycles. The van der Waals surface area contributed by atoms with Crippen LogP contribution in [0, 0.1) is 5.82 Å². The summed E-state index contributed by atoms with van der Waals surface area (Å²) < 4.78 is 17.9. The van der Waals surface area contributed by atoms with E-state index < -0.39 is 0 Å². The van der Waals surface area contributed by atoms with Gasteiger partial charge in [0.25, 0.3) is 0 Å². The number of ether oxygens (including phenoxy) is 1. The minimum atomic E-state index is -0.279. The molecule has 0 fully saturated rings. The molecular formula is C19H20FNO3. The quantitative estimate of drug-likeness (QED) is 0.757. The summed E-state index contributed by atoms with van der Waals surface area (Å²) in [6.45, 7) is 0.456. The number of rotatable bonds is 8. The first-order chi connectivity index (χ1) is 11.6. The molecule has 0 aliphatic carbocycles. The van der Waals surface area contributed by atoms with E-state index in [0.29, 0.717) is 24.3 Å². The molecule has 0 aromatic heterocycles. The maximum Gasteiger partial charge on any atom is 0.220 e. The second-order valence-corrected chi connectivity index (χ2v) is 5.38. The van der Waals surface area contributed by atoms with E-state index in [1.165, 1.54) is 19.2 Å². The van der Waals surface area contributed by atoms with Crippen LogP contribution < -0.4 is 10.1 Å². The maximum absolute atomic E-state index is 12.8. The smallest absolute Gasteiger partial charge is 0.220 e. The summed E-state index contributed by atoms with van der Waals surface area (Å²) in [5, 5.41) is 2.77. The second-order valence-electron chi connectivity index (χ2n) is 5.38. The Bertz CT molecular complexity index is 698. The summed E-state index contributed by atoms with van der Waals surface area (Å²) in [5.74, 6) is 0.0689. The molecule has 0 bridgehead atoms. The van der Waals surface area contributed by atoms with Crippen LogP contribution in [0.2, 0.25) is 0 Å². The molecule has 0 atom stereocenters. The average molecular weight is 329 g/mol. The van der Waals surface area contributed by atoms with Crippen molar-refractivity contribution in [2.75, 3.05) is 13.7 Å². The lowest BCUT2D eigenvalue weighted by atomic mass is 10.1. The maximum atomic E-state index is 12.8. The number of halogens is 1. The zero-order valence-electron chi connectivity index (χ0n) is 13.5. The van der Waals surface area contributed by atoms with E-state index in [2.05, 4.69) is 5.32 Å². The molecule has 0 aliphatic rings. The van der Waals surface area contributed by atoms with Gasteiger partial charge in [0, 0.05) is 24.9 Å². The molecule has 0 aliphatic heterocycles. The zero-order chi connectivity index (χ0) is 17.4. The summed E-state index contributed by atoms with van der Waals surface area (Å²) in [5.41, 5.74) is 1.48. The van der Waals surface area contributed by atoms with Crippen molar-refractivity contribution in [3.8, 4) is 5.75 Å². The van der Waals surface area contributed by atoms with Crippen LogP contribution in [0.25, 0.3) is 0 Å². The fourth-order valence-electron chi connectivity index (χ4n) is 2.25. The van der Waals surface area contributed by atoms with Gasteiger partial charge in [-0.2, -0.15) is 0 Å². The number of carbonyl (C=O) groups excluding carboxylic acids is 2. The number of carbonyl (C=O) groups is 2. The highest BCUT2D eigenvalue weighted by Gasteiger charge is 2.10. The molecule has 5 heteroatoms. The van der Waals surface area contributed by atoms with E-state index in [1.54, 1.807) is 36.4 Å². The van der Waals surface area contributed by atoms with Gasteiger partial charge in [0.15, 0.2) is 5.78 Å². The first kappa shape index (κ1) is 17.7. The van der Waals surface area contributed by atoms with E-state index >= 15 is 0 Å². The number of amides is 1. The Morgan fingerprint density at radius 3 is 2.54 bits per heavy atom. The van der Waals surface area contributed by atoms with Crippen LogP contribution in [-0.2, 0) is 11.2 Å². The number of ketones is 1. The topological polar surface area (TPSA) is 55.4 Å². The lowest BCUT2D eigenvalue weighted by Crippen LogP contribution is -2.26. The molecule has 0 saturated heterocycles. The van der Waals surface area contributed by atoms with Crippen molar-refractivity contribution in [2.24, 2.45) is 0 Å². The molecular weight excluding hydrogens is 309 g/mol. The van der Waals surface area contributed by atoms with E-state index in [1.807, 2.05) is 0 Å². The van der Waals surface area contributed by atoms with Gasteiger partial charge in [0.1, 0.15) is 11.6 Å². The van der Waals surface area contributed by atoms with Crippen molar-refractivity contribution in [1.29, 1.82) is 0 Å². The number of hydrogen-bond acceptors (Lipinski definition) is 3. The van der Waals surface area contributed by atoms with Crippen LogP contribution in [0.1, 0.15) is 28.8 Å². The summed E-state index contributed by atoms with van der Waals surface area (Å²) >= 11 is 0. The number of methoxy groups -OCH3 is 1. The van der Waals surface area contributed by atoms with Crippen molar-refractivity contribution in [3.05, 3.63) is 65.5 Å². The van der Waals surface area contributed by atoms with Crippen molar-refractivity contribution in [3.63, 3.8) is 0 Å². The third-order valence-electron chi connectivity index (χ3n) is 3.62. The minimum Gasteiger partial charge on any atom is -0.497 e. The molecule has 126 valence electrons. The van der Waals surface area contributed by atoms with Crippen molar-refractivity contribution in [1.82, 2.24) is 5.32 Å². The normalized spacial score (nSPS) is 10.2. The van der Waals surface area contributed by atoms with Gasteiger partial charge in [-0.3, -0.25) is 9.59 Å². The average Bonchev–Trinajstić information content (AvgIpc) is 2.61. The minimum absolute atomic E-state index is 0.0948. The summed E-state index contributed by atoms with van der Waals surface area (Å²) in [7, 11) is 1.54. The lowest BCUT2D eigenvalue weighted by molar-refractivity contribution is -0.121. The van der Waals surface area contributed by atoms with Gasteiger partial charge in [-0.05, 0) is 36.2 Å². The largest absolute Gasteiger partial charge is 0.497 e. The van der Waals surface area contributed by atoms with Gasteiger partial charge >= 0.3 is 0 Å². The highest BCUT2D eigenvalue weighted by Crippen LogP contribution is 2.14. The fraction of sp³-hybridized carbons (Fsp3) is 0.263. The Kier molecular flexibility index (Phi) is 6.49. The van der Waals surface area contributed by atoms with E-state index in [0.717, 1.165) is 5.56 Å². The molecule has 2 aromatic carbocycles. The van der Waals surface area contributed by atoms with Crippen LogP contribution in [0.5, 0.6) is 5.75 Å². The van der Waals surface area contributed by atoms with Crippen LogP contribution >= 0.6 is 0 Å². The van der Waals surface area contributed by atoms with Gasteiger partial charge in [-0.25, -0.2) is 4.39 Å². The number of benzene rings is 2. The number of hydrogen-bond donors (Lipinski definition) is 1. The SMILES string of the molecule is COc1cccc(C(=O)CCC(=O)NCCc2ccc(F)cc2)c1. The van der Waals surface area contributed by atoms with Gasteiger partial charge in [-0.1, -0.05) is 24.3 Å². The standard InChI is InChI=1S/C19H20FNO3/c1-24-17-4-2-3-15(13-17)18(22)9-10-19(23)21-12-11-14-5-7-16(20)8-6-14/h2-8,13H,9-12H2,1H3,(H,21,23). The van der Waals surface area contributed by atoms with Gasteiger partial charge in [-0.15, -0.1) is 0 Å². The molecule has 1 amide bonds. The third kappa shape index (κ3) is 5.50. The molecule has 0 spiro atoms. The summed E-state index contributed by atoms with van der Waals surface area (Å²) in [4.78, 5) is 23.9. The number of Topliss-reactive ketones (excluding diaryl/α,β-unsaturated/α-hetero) is 1. The molecule has 1 N–H and O–H groups in total. The third-order valence-corrected chi connectivity index (χ3v) is 3.62. The van der Waals surface area contributed by atoms with Crippen molar-refractivity contribution >= 4 is 11.7 Å². The number of nitrogens with one attached hydrogen (secondary N) is 1. The molecule has 0 heterocycles. The van der Waals surface area contributed by atoms with Crippen LogP contribution in [-0.4, -0.2) is 25.3 Å². The predicted octanol–water partition coefficient (Wildman–Crippen LogP) is 3.16. The van der Waals surface area contributed by atoms with E-state index in [-0.39, 0.29) is 30.3 Å². The van der Waals surface area contributed by atoms with Gasteiger partial charge in [0.05, 0.1) is 7.11 Å². The first-order valence-electron chi connectivity index (χ1n) is 7.77. The van der Waals surface area contributed by atoms with Crippen LogP contribution in [0.3, 0.4) is 0 Å². The van der Waals surface area contributed by atoms with Gasteiger partial charge in [0.2, 0.25) is 5.91 Å². The van der Waals surface area contributed by atoms with Crippen LogP contribution in [0.4, 0.5) is 4.39 Å². The predicted molar refractivity (Wildman–Crippen MR) is 89.7 cm³/mol. The fourth-order valence-corrected chi connectivity index (χ4v) is 2.25. The first-order valence-corrected chi connectivity index (χ1v) is 7.77. The van der Waals surface area contributed by atoms with E-state index in [4.69, 9.17) is 4.74 Å². The molecule has 0 radical (unpaired) electrons. The zero-order valence-corrected chi connectivity index (χ0v) is 13.5. The Hall–Kier alpha value is -2.69. The summed E-state index contributed by atoms with van der Waals surface area (Å²) in [6.07, 6.45) is 0.908. The Labute approximate surface area is 140 Å². The Balaban J connectivity index is 1.72. The highest BCUT2D eigenvalue weighted by molar-refractivity contribution is 5.98. The monoisotopic (exact) mass is 329 g/mol. The summed E-state index contributed by atoms with van der Waals surface area (Å²) in [6, 6.07) is 13.0. The highest BCUT2D eigenvalue weighted by atomic mass is 19.1. The second kappa shape index (κ2) is 8.82. The Morgan fingerprint density at radius 1 is 1.08 bits per heavy atom. The van der Waals surface area contributed by atoms with E-state index in [9.17, 15) is 14.0 Å².